The van der Waals surface area contributed by atoms with Crippen molar-refractivity contribution in [3.05, 3.63) is 68.1 Å². The summed E-state index contributed by atoms with van der Waals surface area (Å²) in [6, 6.07) is 11.5. The highest BCUT2D eigenvalue weighted by Gasteiger charge is 2.22. The fraction of sp³-hybridized carbons (Fsp3) is 0.100. The molecule has 0 aliphatic heterocycles. The molecule has 1 amide bonds. The molecule has 0 aliphatic rings. The van der Waals surface area contributed by atoms with Gasteiger partial charge >= 0.3 is 5.97 Å². The molecule has 138 valence electrons. The lowest BCUT2D eigenvalue weighted by atomic mass is 10.0. The van der Waals surface area contributed by atoms with Crippen LogP contribution < -0.4 is 5.32 Å². The monoisotopic (exact) mass is 461 g/mol. The molecule has 0 unspecified atom stereocenters. The number of hydrogen-bond donors (Lipinski definition) is 1. The summed E-state index contributed by atoms with van der Waals surface area (Å²) in [5.41, 5.74) is 2.00. The summed E-state index contributed by atoms with van der Waals surface area (Å²) in [7, 11) is 0. The molecule has 4 nitrogen and oxygen atoms in total. The predicted molar refractivity (Wildman–Crippen MR) is 115 cm³/mol. The number of nitrogens with one attached hydrogen (secondary N) is 1. The number of esters is 1. The van der Waals surface area contributed by atoms with Gasteiger partial charge in [0.1, 0.15) is 10.6 Å². The lowest BCUT2D eigenvalue weighted by molar-refractivity contribution is -0.111. The minimum atomic E-state index is -0.450. The van der Waals surface area contributed by atoms with Gasteiger partial charge in [-0.1, -0.05) is 34.1 Å². The van der Waals surface area contributed by atoms with Gasteiger partial charge in [0.2, 0.25) is 5.91 Å². The van der Waals surface area contributed by atoms with E-state index in [4.69, 9.17) is 4.74 Å². The van der Waals surface area contributed by atoms with Crippen LogP contribution in [-0.2, 0) is 9.53 Å². The molecule has 1 aromatic carbocycles. The first kappa shape index (κ1) is 19.5. The van der Waals surface area contributed by atoms with Gasteiger partial charge in [0, 0.05) is 26.4 Å². The van der Waals surface area contributed by atoms with Crippen molar-refractivity contribution in [3.8, 4) is 11.1 Å². The van der Waals surface area contributed by atoms with Gasteiger partial charge in [-0.3, -0.25) is 4.79 Å². The third kappa shape index (κ3) is 4.94. The second kappa shape index (κ2) is 9.12. The van der Waals surface area contributed by atoms with E-state index in [0.29, 0.717) is 10.6 Å². The van der Waals surface area contributed by atoms with Crippen LogP contribution in [0.5, 0.6) is 0 Å². The maximum Gasteiger partial charge on any atom is 0.341 e. The van der Waals surface area contributed by atoms with Crippen molar-refractivity contribution < 1.29 is 14.3 Å². The normalized spacial score (nSPS) is 10.9. The number of halogens is 1. The highest BCUT2D eigenvalue weighted by atomic mass is 79.9. The van der Waals surface area contributed by atoms with E-state index in [9.17, 15) is 9.59 Å². The van der Waals surface area contributed by atoms with Crippen LogP contribution >= 0.6 is 38.6 Å². The summed E-state index contributed by atoms with van der Waals surface area (Å²) in [4.78, 5) is 25.8. The standard InChI is InChI=1S/C20H16BrNO3S2/c1-2-25-20(24)18-16(13-5-7-14(21)8-6-13)12-27-19(18)22-17(23)10-9-15-4-3-11-26-15/h3-12H,2H2,1H3,(H,22,23)/b10-9+. The number of benzene rings is 1. The van der Waals surface area contributed by atoms with Crippen LogP contribution in [0.3, 0.4) is 0 Å². The van der Waals surface area contributed by atoms with Crippen molar-refractivity contribution in [2.24, 2.45) is 0 Å². The van der Waals surface area contributed by atoms with Gasteiger partial charge in [-0.2, -0.15) is 0 Å². The highest BCUT2D eigenvalue weighted by molar-refractivity contribution is 9.10. The third-order valence-electron chi connectivity index (χ3n) is 3.60. The second-order valence-electron chi connectivity index (χ2n) is 5.42. The molecule has 0 radical (unpaired) electrons. The Bertz CT molecular complexity index is 960. The van der Waals surface area contributed by atoms with Crippen molar-refractivity contribution in [1.82, 2.24) is 0 Å². The molecular weight excluding hydrogens is 446 g/mol. The predicted octanol–water partition coefficient (Wildman–Crippen LogP) is 6.07. The zero-order valence-electron chi connectivity index (χ0n) is 14.4. The summed E-state index contributed by atoms with van der Waals surface area (Å²) >= 11 is 6.26. The number of carbonyl (C=O) groups excluding carboxylic acids is 2. The maximum atomic E-state index is 12.5. The Morgan fingerprint density at radius 1 is 1.19 bits per heavy atom. The smallest absolute Gasteiger partial charge is 0.341 e. The first-order valence-corrected chi connectivity index (χ1v) is 10.7. The number of hydrogen-bond acceptors (Lipinski definition) is 5. The van der Waals surface area contributed by atoms with E-state index in [1.807, 2.05) is 47.2 Å². The van der Waals surface area contributed by atoms with Crippen LogP contribution in [0.2, 0.25) is 0 Å². The third-order valence-corrected chi connectivity index (χ3v) is 5.87. The number of amides is 1. The van der Waals surface area contributed by atoms with Gasteiger partial charge in [0.05, 0.1) is 6.61 Å². The van der Waals surface area contributed by atoms with Gasteiger partial charge in [-0.25, -0.2) is 4.79 Å². The second-order valence-corrected chi connectivity index (χ2v) is 8.19. The molecule has 0 saturated carbocycles. The molecule has 27 heavy (non-hydrogen) atoms. The lowest BCUT2D eigenvalue weighted by Crippen LogP contribution is -2.12. The molecule has 3 aromatic rings. The van der Waals surface area contributed by atoms with Crippen molar-refractivity contribution in [2.45, 2.75) is 6.92 Å². The molecule has 1 N–H and O–H groups in total. The fourth-order valence-corrected chi connectivity index (χ4v) is 4.24. The molecule has 0 spiro atoms. The number of thiophene rings is 2. The highest BCUT2D eigenvalue weighted by Crippen LogP contribution is 2.36. The number of rotatable bonds is 6. The summed E-state index contributed by atoms with van der Waals surface area (Å²) < 4.78 is 6.15. The van der Waals surface area contributed by atoms with E-state index in [-0.39, 0.29) is 12.5 Å². The van der Waals surface area contributed by atoms with Crippen LogP contribution in [0.25, 0.3) is 17.2 Å². The number of ether oxygens (including phenoxy) is 1. The molecule has 2 heterocycles. The average molecular weight is 462 g/mol. The zero-order chi connectivity index (χ0) is 19.2. The Morgan fingerprint density at radius 2 is 1.96 bits per heavy atom. The first-order chi connectivity index (χ1) is 13.1. The molecule has 7 heteroatoms. The van der Waals surface area contributed by atoms with Gasteiger partial charge in [0.15, 0.2) is 0 Å². The molecule has 0 saturated heterocycles. The quantitative estimate of drug-likeness (QED) is 0.358. The Balaban J connectivity index is 1.89. The van der Waals surface area contributed by atoms with E-state index >= 15 is 0 Å². The van der Waals surface area contributed by atoms with E-state index in [0.717, 1.165) is 20.5 Å². The number of carbonyl (C=O) groups is 2. The SMILES string of the molecule is CCOC(=O)c1c(-c2ccc(Br)cc2)csc1NC(=O)/C=C/c1cccs1. The Hall–Kier alpha value is -2.22. The van der Waals surface area contributed by atoms with Crippen LogP contribution in [-0.4, -0.2) is 18.5 Å². The van der Waals surface area contributed by atoms with Crippen molar-refractivity contribution >= 4 is 61.6 Å². The molecule has 0 aliphatic carbocycles. The Morgan fingerprint density at radius 3 is 2.63 bits per heavy atom. The van der Waals surface area contributed by atoms with E-state index < -0.39 is 5.97 Å². The van der Waals surface area contributed by atoms with Crippen molar-refractivity contribution in [3.63, 3.8) is 0 Å². The van der Waals surface area contributed by atoms with E-state index in [1.54, 1.807) is 24.3 Å². The molecule has 3 rings (SSSR count). The van der Waals surface area contributed by atoms with Crippen LogP contribution in [0.1, 0.15) is 22.2 Å². The van der Waals surface area contributed by atoms with E-state index in [2.05, 4.69) is 21.2 Å². The minimum absolute atomic E-state index is 0.264. The molecule has 0 atom stereocenters. The summed E-state index contributed by atoms with van der Waals surface area (Å²) in [5, 5.41) is 7.08. The summed E-state index contributed by atoms with van der Waals surface area (Å²) in [6.45, 7) is 2.02. The maximum absolute atomic E-state index is 12.5. The van der Waals surface area contributed by atoms with Gasteiger partial charge < -0.3 is 10.1 Å². The largest absolute Gasteiger partial charge is 0.462 e. The number of anilines is 1. The summed E-state index contributed by atoms with van der Waals surface area (Å²) in [5.74, 6) is -0.743. The molecule has 0 bridgehead atoms. The zero-order valence-corrected chi connectivity index (χ0v) is 17.6. The van der Waals surface area contributed by atoms with Crippen LogP contribution in [0.4, 0.5) is 5.00 Å². The topological polar surface area (TPSA) is 55.4 Å². The van der Waals surface area contributed by atoms with Crippen molar-refractivity contribution in [2.75, 3.05) is 11.9 Å². The molecule has 0 fully saturated rings. The Kier molecular flexibility index (Phi) is 6.60. The van der Waals surface area contributed by atoms with Crippen LogP contribution in [0.15, 0.2) is 57.7 Å². The molecular formula is C20H16BrNO3S2. The first-order valence-electron chi connectivity index (χ1n) is 8.15. The van der Waals surface area contributed by atoms with E-state index in [1.165, 1.54) is 17.4 Å². The van der Waals surface area contributed by atoms with Crippen LogP contribution in [0, 0.1) is 0 Å². The minimum Gasteiger partial charge on any atom is -0.462 e. The fourth-order valence-electron chi connectivity index (χ4n) is 2.40. The lowest BCUT2D eigenvalue weighted by Gasteiger charge is -2.08. The van der Waals surface area contributed by atoms with Gasteiger partial charge in [0.25, 0.3) is 0 Å². The summed E-state index contributed by atoms with van der Waals surface area (Å²) in [6.07, 6.45) is 3.20. The van der Waals surface area contributed by atoms with Crippen molar-refractivity contribution in [1.29, 1.82) is 0 Å². The van der Waals surface area contributed by atoms with Gasteiger partial charge in [-0.05, 0) is 42.1 Å². The van der Waals surface area contributed by atoms with Gasteiger partial charge in [-0.15, -0.1) is 22.7 Å². The average Bonchev–Trinajstić information content (AvgIpc) is 3.31. The molecule has 2 aromatic heterocycles. The Labute approximate surface area is 173 Å².